The van der Waals surface area contributed by atoms with E-state index in [2.05, 4.69) is 17.9 Å². The minimum absolute atomic E-state index is 0.276. The third kappa shape index (κ3) is 9.08. The SMILES string of the molecule is CC#CCCC/C=C/C(C)=C/C(=O)OCC. The van der Waals surface area contributed by atoms with Crippen molar-refractivity contribution in [2.75, 3.05) is 6.61 Å². The minimum Gasteiger partial charge on any atom is -0.463 e. The van der Waals surface area contributed by atoms with Crippen LogP contribution in [-0.2, 0) is 9.53 Å². The first-order chi connectivity index (χ1) is 7.70. The number of rotatable bonds is 6. The van der Waals surface area contributed by atoms with E-state index < -0.39 is 0 Å². The second-order valence-corrected chi connectivity index (χ2v) is 3.36. The van der Waals surface area contributed by atoms with Crippen molar-refractivity contribution in [3.63, 3.8) is 0 Å². The van der Waals surface area contributed by atoms with Gasteiger partial charge in [0, 0.05) is 12.5 Å². The Balaban J connectivity index is 3.83. The zero-order valence-corrected chi connectivity index (χ0v) is 10.4. The third-order valence-corrected chi connectivity index (χ3v) is 1.86. The van der Waals surface area contributed by atoms with E-state index in [0.717, 1.165) is 24.8 Å². The molecule has 16 heavy (non-hydrogen) atoms. The molecule has 0 amide bonds. The van der Waals surface area contributed by atoms with E-state index in [-0.39, 0.29) is 5.97 Å². The van der Waals surface area contributed by atoms with Gasteiger partial charge in [-0.2, -0.15) is 0 Å². The number of carbonyl (C=O) groups excluding carboxylic acids is 1. The molecule has 0 radical (unpaired) electrons. The average Bonchev–Trinajstić information content (AvgIpc) is 2.23. The molecule has 2 heteroatoms. The Hall–Kier alpha value is -1.49. The Morgan fingerprint density at radius 3 is 2.81 bits per heavy atom. The summed E-state index contributed by atoms with van der Waals surface area (Å²) < 4.78 is 4.80. The van der Waals surface area contributed by atoms with Gasteiger partial charge in [-0.25, -0.2) is 4.79 Å². The van der Waals surface area contributed by atoms with Crippen LogP contribution in [0.4, 0.5) is 0 Å². The standard InChI is InChI=1S/C14H20O2/c1-4-6-7-8-9-10-11-13(3)12-14(15)16-5-2/h10-12H,5,7-9H2,1-3H3/b11-10+,13-12+. The summed E-state index contributed by atoms with van der Waals surface area (Å²) in [5.41, 5.74) is 0.917. The molecule has 0 saturated heterocycles. The van der Waals surface area contributed by atoms with E-state index in [1.165, 1.54) is 6.08 Å². The van der Waals surface area contributed by atoms with Crippen LogP contribution >= 0.6 is 0 Å². The maximum Gasteiger partial charge on any atom is 0.330 e. The van der Waals surface area contributed by atoms with Crippen LogP contribution in [0.25, 0.3) is 0 Å². The molecule has 0 saturated carbocycles. The molecule has 0 aliphatic carbocycles. The first-order valence-electron chi connectivity index (χ1n) is 5.62. The van der Waals surface area contributed by atoms with Gasteiger partial charge in [0.15, 0.2) is 0 Å². The van der Waals surface area contributed by atoms with Crippen LogP contribution in [0.15, 0.2) is 23.8 Å². The second-order valence-electron chi connectivity index (χ2n) is 3.36. The van der Waals surface area contributed by atoms with Crippen molar-refractivity contribution in [3.05, 3.63) is 23.8 Å². The van der Waals surface area contributed by atoms with Gasteiger partial charge in [-0.3, -0.25) is 0 Å². The van der Waals surface area contributed by atoms with Crippen LogP contribution in [0.3, 0.4) is 0 Å². The van der Waals surface area contributed by atoms with Gasteiger partial charge in [-0.15, -0.1) is 11.8 Å². The quantitative estimate of drug-likeness (QED) is 0.226. The molecule has 0 aromatic carbocycles. The van der Waals surface area contributed by atoms with Gasteiger partial charge in [-0.1, -0.05) is 12.2 Å². The molecule has 0 aliphatic heterocycles. The Morgan fingerprint density at radius 2 is 2.19 bits per heavy atom. The van der Waals surface area contributed by atoms with Crippen LogP contribution in [0.5, 0.6) is 0 Å². The van der Waals surface area contributed by atoms with Crippen LogP contribution < -0.4 is 0 Å². The Labute approximate surface area is 98.4 Å². The Bertz CT molecular complexity index is 313. The minimum atomic E-state index is -0.276. The Morgan fingerprint density at radius 1 is 1.44 bits per heavy atom. The van der Waals surface area contributed by atoms with E-state index in [1.807, 2.05) is 19.9 Å². The maximum atomic E-state index is 11.1. The molecule has 0 rings (SSSR count). The molecule has 0 spiro atoms. The molecular formula is C14H20O2. The molecule has 0 aliphatic rings. The molecule has 0 fully saturated rings. The lowest BCUT2D eigenvalue weighted by molar-refractivity contribution is -0.137. The summed E-state index contributed by atoms with van der Waals surface area (Å²) in [6.45, 7) is 5.95. The van der Waals surface area contributed by atoms with Crippen molar-refractivity contribution >= 4 is 5.97 Å². The molecule has 0 bridgehead atoms. The van der Waals surface area contributed by atoms with Gasteiger partial charge in [0.2, 0.25) is 0 Å². The summed E-state index contributed by atoms with van der Waals surface area (Å²) in [4.78, 5) is 11.1. The molecule has 2 nitrogen and oxygen atoms in total. The fraction of sp³-hybridized carbons (Fsp3) is 0.500. The van der Waals surface area contributed by atoms with Crippen molar-refractivity contribution in [3.8, 4) is 11.8 Å². The van der Waals surface area contributed by atoms with Crippen molar-refractivity contribution < 1.29 is 9.53 Å². The molecule has 0 unspecified atom stereocenters. The summed E-state index contributed by atoms with van der Waals surface area (Å²) in [5, 5.41) is 0. The van der Waals surface area contributed by atoms with Crippen molar-refractivity contribution in [2.24, 2.45) is 0 Å². The predicted molar refractivity (Wildman–Crippen MR) is 66.8 cm³/mol. The van der Waals surface area contributed by atoms with Crippen LogP contribution in [0, 0.1) is 11.8 Å². The summed E-state index contributed by atoms with van der Waals surface area (Å²) in [5.74, 6) is 5.60. The molecule has 0 heterocycles. The number of hydrogen-bond acceptors (Lipinski definition) is 2. The number of carbonyl (C=O) groups is 1. The van der Waals surface area contributed by atoms with Gasteiger partial charge in [0.1, 0.15) is 0 Å². The lowest BCUT2D eigenvalue weighted by Crippen LogP contribution is -1.99. The van der Waals surface area contributed by atoms with E-state index in [4.69, 9.17) is 4.74 Å². The van der Waals surface area contributed by atoms with Crippen LogP contribution in [0.1, 0.15) is 40.0 Å². The first-order valence-corrected chi connectivity index (χ1v) is 5.62. The largest absolute Gasteiger partial charge is 0.463 e. The lowest BCUT2D eigenvalue weighted by atomic mass is 10.2. The monoisotopic (exact) mass is 220 g/mol. The zero-order chi connectivity index (χ0) is 12.2. The highest BCUT2D eigenvalue weighted by Gasteiger charge is 1.94. The van der Waals surface area contributed by atoms with Gasteiger partial charge < -0.3 is 4.74 Å². The Kier molecular flexibility index (Phi) is 9.11. The number of unbranched alkanes of at least 4 members (excludes halogenated alkanes) is 2. The first kappa shape index (κ1) is 14.5. The fourth-order valence-electron chi connectivity index (χ4n) is 1.12. The molecule has 0 atom stereocenters. The zero-order valence-electron chi connectivity index (χ0n) is 10.4. The van der Waals surface area contributed by atoms with Gasteiger partial charge in [0.05, 0.1) is 6.61 Å². The van der Waals surface area contributed by atoms with Gasteiger partial charge in [0.25, 0.3) is 0 Å². The normalized spacial score (nSPS) is 11.1. The number of allylic oxidation sites excluding steroid dienone is 3. The predicted octanol–water partition coefficient (Wildman–Crippen LogP) is 3.25. The van der Waals surface area contributed by atoms with Crippen molar-refractivity contribution in [2.45, 2.75) is 40.0 Å². The average molecular weight is 220 g/mol. The highest BCUT2D eigenvalue weighted by Crippen LogP contribution is 2.00. The summed E-state index contributed by atoms with van der Waals surface area (Å²) in [6.07, 6.45) is 8.48. The number of hydrogen-bond donors (Lipinski definition) is 0. The highest BCUT2D eigenvalue weighted by molar-refractivity contribution is 5.83. The van der Waals surface area contributed by atoms with Gasteiger partial charge in [-0.05, 0) is 39.2 Å². The molecule has 0 aromatic rings. The topological polar surface area (TPSA) is 26.3 Å². The molecule has 0 aromatic heterocycles. The fourth-order valence-corrected chi connectivity index (χ4v) is 1.12. The van der Waals surface area contributed by atoms with Crippen LogP contribution in [0.2, 0.25) is 0 Å². The van der Waals surface area contributed by atoms with E-state index in [9.17, 15) is 4.79 Å². The summed E-state index contributed by atoms with van der Waals surface area (Å²) >= 11 is 0. The maximum absolute atomic E-state index is 11.1. The molecule has 0 N–H and O–H groups in total. The summed E-state index contributed by atoms with van der Waals surface area (Å²) in [6, 6.07) is 0. The van der Waals surface area contributed by atoms with Crippen molar-refractivity contribution in [1.29, 1.82) is 0 Å². The third-order valence-electron chi connectivity index (χ3n) is 1.86. The summed E-state index contributed by atoms with van der Waals surface area (Å²) in [7, 11) is 0. The smallest absolute Gasteiger partial charge is 0.330 e. The van der Waals surface area contributed by atoms with Gasteiger partial charge >= 0.3 is 5.97 Å². The number of esters is 1. The molecule has 88 valence electrons. The second kappa shape index (κ2) is 10.0. The van der Waals surface area contributed by atoms with E-state index >= 15 is 0 Å². The highest BCUT2D eigenvalue weighted by atomic mass is 16.5. The van der Waals surface area contributed by atoms with Crippen LogP contribution in [-0.4, -0.2) is 12.6 Å². The van der Waals surface area contributed by atoms with E-state index in [0.29, 0.717) is 6.61 Å². The van der Waals surface area contributed by atoms with E-state index in [1.54, 1.807) is 6.92 Å². The molecular weight excluding hydrogens is 200 g/mol. The number of ether oxygens (including phenoxy) is 1. The lowest BCUT2D eigenvalue weighted by Gasteiger charge is -1.96. The van der Waals surface area contributed by atoms with Crippen molar-refractivity contribution in [1.82, 2.24) is 0 Å².